The second-order valence-electron chi connectivity index (χ2n) is 8.29. The zero-order valence-electron chi connectivity index (χ0n) is 18.6. The van der Waals surface area contributed by atoms with Crippen LogP contribution in [0.4, 0.5) is 114 Å². The maximum atomic E-state index is 14.1. The zero-order valence-corrected chi connectivity index (χ0v) is 18.6. The Kier molecular flexibility index (Phi) is 8.62. The van der Waals surface area contributed by atoms with E-state index in [0.29, 0.717) is 0 Å². The van der Waals surface area contributed by atoms with Crippen molar-refractivity contribution in [3.05, 3.63) is 23.8 Å². The first kappa shape index (κ1) is 38.7. The Morgan fingerprint density at radius 2 is 0.628 bits per heavy atom. The molecule has 0 saturated heterocycles. The molecule has 0 aliphatic heterocycles. The molecule has 0 heterocycles. The van der Waals surface area contributed by atoms with E-state index in [9.17, 15) is 114 Å². The van der Waals surface area contributed by atoms with Gasteiger partial charge in [0.2, 0.25) is 0 Å². The molecule has 0 spiro atoms. The van der Waals surface area contributed by atoms with Gasteiger partial charge in [-0.25, -0.2) is 0 Å². The molecular formula is C17H4F26. The SMILES string of the molecule is FC(F)(F)C(F)(F)C(F)(F)C(F)(F)C1=CC(C(F)(F)C(F)(F)C(F)(F)C(F)(F)C(F)(F)C(F)(F)C(F)(F)C(F)(F)F)C=C1. The van der Waals surface area contributed by atoms with Crippen LogP contribution in [0, 0.1) is 5.92 Å². The molecule has 0 bridgehead atoms. The standard InChI is InChI=1S/C17H4F26/c18-6(19,4-1-2-5(3-4)7(20,21)9(24,25)14(34,35)16(38,39)40)8(22,23)10(26,27)11(28,29)12(30,31)13(32,33)15(36,37)17(41,42)43/h1-4H. The third-order valence-electron chi connectivity index (χ3n) is 5.51. The third kappa shape index (κ3) is 4.76. The largest absolute Gasteiger partial charge is 0.460 e. The first-order valence-corrected chi connectivity index (χ1v) is 9.53. The van der Waals surface area contributed by atoms with Crippen LogP contribution in [-0.2, 0) is 0 Å². The Labute approximate surface area is 216 Å². The van der Waals surface area contributed by atoms with E-state index in [4.69, 9.17) is 0 Å². The molecule has 1 atom stereocenters. The van der Waals surface area contributed by atoms with Gasteiger partial charge in [-0.3, -0.25) is 0 Å². The highest BCUT2D eigenvalue weighted by Crippen LogP contribution is 2.65. The molecule has 1 rings (SSSR count). The van der Waals surface area contributed by atoms with E-state index in [2.05, 4.69) is 0 Å². The summed E-state index contributed by atoms with van der Waals surface area (Å²) in [7, 11) is 0. The summed E-state index contributed by atoms with van der Waals surface area (Å²) in [5.74, 6) is -87.6. The summed E-state index contributed by atoms with van der Waals surface area (Å²) < 4.78 is 343. The van der Waals surface area contributed by atoms with Crippen LogP contribution >= 0.6 is 0 Å². The van der Waals surface area contributed by atoms with Crippen molar-refractivity contribution < 1.29 is 114 Å². The smallest absolute Gasteiger partial charge is 0.199 e. The quantitative estimate of drug-likeness (QED) is 0.199. The number of hydrogen-bond acceptors (Lipinski definition) is 0. The fourth-order valence-corrected chi connectivity index (χ4v) is 2.89. The average molecular weight is 702 g/mol. The predicted molar refractivity (Wildman–Crippen MR) is 82.3 cm³/mol. The van der Waals surface area contributed by atoms with Crippen molar-refractivity contribution in [1.29, 1.82) is 0 Å². The lowest BCUT2D eigenvalue weighted by Gasteiger charge is -2.43. The number of alkyl halides is 26. The van der Waals surface area contributed by atoms with Gasteiger partial charge in [0, 0.05) is 5.57 Å². The van der Waals surface area contributed by atoms with Crippen molar-refractivity contribution >= 4 is 0 Å². The van der Waals surface area contributed by atoms with Gasteiger partial charge in [-0.2, -0.15) is 114 Å². The molecule has 0 nitrogen and oxygen atoms in total. The van der Waals surface area contributed by atoms with Gasteiger partial charge < -0.3 is 0 Å². The Morgan fingerprint density at radius 1 is 0.349 bits per heavy atom. The summed E-state index contributed by atoms with van der Waals surface area (Å²) in [5, 5.41) is 0. The van der Waals surface area contributed by atoms with Crippen LogP contribution in [0.1, 0.15) is 0 Å². The number of hydrogen-bond donors (Lipinski definition) is 0. The number of allylic oxidation sites excluding steroid dienone is 4. The topological polar surface area (TPSA) is 0 Å². The lowest BCUT2D eigenvalue weighted by Crippen LogP contribution is -2.74. The van der Waals surface area contributed by atoms with Gasteiger partial charge in [0.05, 0.1) is 5.92 Å². The van der Waals surface area contributed by atoms with E-state index in [1.807, 2.05) is 0 Å². The lowest BCUT2D eigenvalue weighted by molar-refractivity contribution is -0.462. The van der Waals surface area contributed by atoms with Crippen molar-refractivity contribution in [2.24, 2.45) is 5.92 Å². The maximum absolute atomic E-state index is 14.1. The molecule has 0 aromatic heterocycles. The number of rotatable bonds is 10. The van der Waals surface area contributed by atoms with Gasteiger partial charge in [-0.15, -0.1) is 0 Å². The van der Waals surface area contributed by atoms with Crippen molar-refractivity contribution in [1.82, 2.24) is 0 Å². The van der Waals surface area contributed by atoms with Gasteiger partial charge in [0.1, 0.15) is 0 Å². The molecule has 0 aromatic rings. The van der Waals surface area contributed by atoms with E-state index in [0.717, 1.165) is 0 Å². The lowest BCUT2D eigenvalue weighted by atomic mass is 9.85. The minimum Gasteiger partial charge on any atom is -0.199 e. The Hall–Kier alpha value is -2.34. The molecule has 0 saturated carbocycles. The van der Waals surface area contributed by atoms with Crippen LogP contribution < -0.4 is 0 Å². The summed E-state index contributed by atoms with van der Waals surface area (Å²) in [5.41, 5.74) is -3.29. The van der Waals surface area contributed by atoms with Crippen LogP contribution in [0.25, 0.3) is 0 Å². The van der Waals surface area contributed by atoms with E-state index >= 15 is 0 Å². The average Bonchev–Trinajstić information content (AvgIpc) is 3.28. The molecule has 0 aromatic carbocycles. The fraction of sp³-hybridized carbons (Fsp3) is 0.765. The van der Waals surface area contributed by atoms with Gasteiger partial charge >= 0.3 is 71.6 Å². The second kappa shape index (κ2) is 9.58. The molecule has 0 radical (unpaired) electrons. The minimum absolute atomic E-state index is 1.18. The highest BCUT2D eigenvalue weighted by Gasteiger charge is 2.95. The fourth-order valence-electron chi connectivity index (χ4n) is 2.89. The van der Waals surface area contributed by atoms with Crippen molar-refractivity contribution in [3.63, 3.8) is 0 Å². The summed E-state index contributed by atoms with van der Waals surface area (Å²) in [4.78, 5) is 0. The van der Waals surface area contributed by atoms with Gasteiger partial charge in [0.15, 0.2) is 0 Å². The first-order chi connectivity index (χ1) is 18.2. The molecule has 0 N–H and O–H groups in total. The molecule has 0 fully saturated rings. The van der Waals surface area contributed by atoms with Crippen LogP contribution in [-0.4, -0.2) is 71.6 Å². The maximum Gasteiger partial charge on any atom is 0.460 e. The van der Waals surface area contributed by atoms with Crippen molar-refractivity contribution in [2.75, 3.05) is 0 Å². The molecular weight excluding hydrogens is 698 g/mol. The van der Waals surface area contributed by atoms with Crippen molar-refractivity contribution in [2.45, 2.75) is 71.6 Å². The third-order valence-corrected chi connectivity index (χ3v) is 5.51. The van der Waals surface area contributed by atoms with Gasteiger partial charge in [0.25, 0.3) is 0 Å². The molecule has 1 aliphatic rings. The summed E-state index contributed by atoms with van der Waals surface area (Å²) in [6.45, 7) is 0. The van der Waals surface area contributed by atoms with Crippen LogP contribution in [0.5, 0.6) is 0 Å². The predicted octanol–water partition coefficient (Wildman–Crippen LogP) is 9.58. The van der Waals surface area contributed by atoms with Crippen LogP contribution in [0.3, 0.4) is 0 Å². The summed E-state index contributed by atoms with van der Waals surface area (Å²) in [6, 6.07) is 0. The van der Waals surface area contributed by atoms with Crippen LogP contribution in [0.15, 0.2) is 23.8 Å². The number of halogens is 26. The Morgan fingerprint density at radius 3 is 0.953 bits per heavy atom. The molecule has 0 amide bonds. The first-order valence-electron chi connectivity index (χ1n) is 9.53. The normalized spacial score (nSPS) is 19.7. The highest BCUT2D eigenvalue weighted by atomic mass is 19.4. The Bertz CT molecular complexity index is 1110. The van der Waals surface area contributed by atoms with E-state index in [1.54, 1.807) is 0 Å². The monoisotopic (exact) mass is 702 g/mol. The highest BCUT2D eigenvalue weighted by molar-refractivity contribution is 5.39. The zero-order chi connectivity index (χ0) is 35.3. The minimum atomic E-state index is -9.08. The van der Waals surface area contributed by atoms with Gasteiger partial charge in [-0.05, 0) is 0 Å². The molecule has 254 valence electrons. The van der Waals surface area contributed by atoms with Crippen molar-refractivity contribution in [3.8, 4) is 0 Å². The van der Waals surface area contributed by atoms with E-state index in [1.165, 1.54) is 0 Å². The van der Waals surface area contributed by atoms with E-state index in [-0.39, 0.29) is 0 Å². The summed E-state index contributed by atoms with van der Waals surface area (Å²) in [6.07, 6.45) is -19.7. The molecule has 26 heteroatoms. The van der Waals surface area contributed by atoms with Crippen LogP contribution in [0.2, 0.25) is 0 Å². The second-order valence-corrected chi connectivity index (χ2v) is 8.29. The summed E-state index contributed by atoms with van der Waals surface area (Å²) >= 11 is 0. The molecule has 1 aliphatic carbocycles. The molecule has 43 heavy (non-hydrogen) atoms. The molecule has 1 unspecified atom stereocenters. The Balaban J connectivity index is 3.73. The van der Waals surface area contributed by atoms with Gasteiger partial charge in [-0.1, -0.05) is 18.2 Å². The van der Waals surface area contributed by atoms with E-state index < -0.39 is 101 Å².